The molecule has 0 saturated heterocycles. The number of hydrogen-bond donors (Lipinski definition) is 1. The van der Waals surface area contributed by atoms with Crippen molar-refractivity contribution in [2.75, 3.05) is 0 Å². The first-order chi connectivity index (χ1) is 5.88. The minimum atomic E-state index is 0.871. The van der Waals surface area contributed by atoms with Crippen molar-refractivity contribution in [1.82, 2.24) is 9.97 Å². The molecule has 1 N–H and O–H groups in total. The fourth-order valence-electron chi connectivity index (χ4n) is 1.01. The first-order valence-corrected chi connectivity index (χ1v) is 4.32. The van der Waals surface area contributed by atoms with Gasteiger partial charge in [-0.1, -0.05) is 22.0 Å². The van der Waals surface area contributed by atoms with Crippen molar-refractivity contribution in [2.24, 2.45) is 0 Å². The van der Waals surface area contributed by atoms with Crippen LogP contribution in [-0.4, -0.2) is 9.97 Å². The molecule has 0 atom stereocenters. The summed E-state index contributed by atoms with van der Waals surface area (Å²) in [6.07, 6.45) is 3.54. The number of nitrogens with zero attached hydrogens (tertiary/aromatic N) is 1. The van der Waals surface area contributed by atoms with Crippen molar-refractivity contribution in [3.05, 3.63) is 41.1 Å². The molecule has 2 aromatic rings. The van der Waals surface area contributed by atoms with E-state index in [1.807, 2.05) is 18.2 Å². The zero-order chi connectivity index (χ0) is 8.39. The maximum Gasteiger partial charge on any atom is 0.138 e. The van der Waals surface area contributed by atoms with E-state index in [9.17, 15) is 0 Å². The maximum atomic E-state index is 4.15. The molecule has 59 valence electrons. The molecule has 12 heavy (non-hydrogen) atoms. The van der Waals surface area contributed by atoms with Gasteiger partial charge in [0.05, 0.1) is 0 Å². The first-order valence-electron chi connectivity index (χ1n) is 3.53. The molecule has 0 amide bonds. The minimum absolute atomic E-state index is 0.871. The molecule has 1 aromatic heterocycles. The molecule has 0 fully saturated rings. The average molecular weight is 222 g/mol. The third-order valence-corrected chi connectivity index (χ3v) is 2.22. The van der Waals surface area contributed by atoms with Crippen molar-refractivity contribution >= 4 is 15.9 Å². The quantitative estimate of drug-likeness (QED) is 0.789. The summed E-state index contributed by atoms with van der Waals surface area (Å²) in [6, 6.07) is 8.67. The lowest BCUT2D eigenvalue weighted by molar-refractivity contribution is 1.30. The lowest BCUT2D eigenvalue weighted by atomic mass is 10.2. The van der Waals surface area contributed by atoms with E-state index < -0.39 is 0 Å². The summed E-state index contributed by atoms with van der Waals surface area (Å²) in [6.45, 7) is 0. The van der Waals surface area contributed by atoms with Gasteiger partial charge in [0.2, 0.25) is 0 Å². The summed E-state index contributed by atoms with van der Waals surface area (Å²) >= 11 is 3.43. The van der Waals surface area contributed by atoms with Crippen molar-refractivity contribution in [1.29, 1.82) is 0 Å². The van der Waals surface area contributed by atoms with Crippen LogP contribution in [0.15, 0.2) is 35.1 Å². The van der Waals surface area contributed by atoms with Gasteiger partial charge in [0, 0.05) is 22.4 Å². The van der Waals surface area contributed by atoms with Gasteiger partial charge in [-0.3, -0.25) is 0 Å². The molecule has 0 aliphatic rings. The summed E-state index contributed by atoms with van der Waals surface area (Å²) in [4.78, 5) is 7.19. The van der Waals surface area contributed by atoms with Crippen molar-refractivity contribution in [2.45, 2.75) is 0 Å². The van der Waals surface area contributed by atoms with Crippen molar-refractivity contribution in [3.8, 4) is 11.4 Å². The van der Waals surface area contributed by atoms with E-state index in [-0.39, 0.29) is 0 Å². The third-order valence-electron chi connectivity index (χ3n) is 1.57. The smallest absolute Gasteiger partial charge is 0.138 e. The van der Waals surface area contributed by atoms with E-state index in [2.05, 4.69) is 32.0 Å². The Labute approximate surface area is 78.8 Å². The lowest BCUT2D eigenvalue weighted by Gasteiger charge is -1.98. The van der Waals surface area contributed by atoms with Crippen molar-refractivity contribution < 1.29 is 0 Å². The number of halogens is 1. The summed E-state index contributed by atoms with van der Waals surface area (Å²) in [7, 11) is 0. The third kappa shape index (κ3) is 1.28. The van der Waals surface area contributed by atoms with Crippen LogP contribution in [0.5, 0.6) is 0 Å². The Bertz CT molecular complexity index is 368. The van der Waals surface area contributed by atoms with E-state index in [1.54, 1.807) is 12.4 Å². The Hall–Kier alpha value is -1.09. The van der Waals surface area contributed by atoms with Crippen LogP contribution in [0.25, 0.3) is 11.4 Å². The van der Waals surface area contributed by atoms with Crippen LogP contribution in [0.3, 0.4) is 0 Å². The van der Waals surface area contributed by atoms with Gasteiger partial charge in [-0.05, 0) is 18.2 Å². The van der Waals surface area contributed by atoms with Crippen LogP contribution in [0, 0.1) is 6.07 Å². The normalized spacial score (nSPS) is 10.1. The molecule has 3 heteroatoms. The monoisotopic (exact) mass is 221 g/mol. The lowest BCUT2D eigenvalue weighted by Crippen LogP contribution is -1.80. The SMILES string of the molecule is Brc1c[c]ccc1-c1ncc[nH]1. The Morgan fingerprint density at radius 2 is 2.42 bits per heavy atom. The zero-order valence-electron chi connectivity index (χ0n) is 6.21. The Morgan fingerprint density at radius 1 is 1.50 bits per heavy atom. The number of H-pyrrole nitrogens is 1. The zero-order valence-corrected chi connectivity index (χ0v) is 7.80. The highest BCUT2D eigenvalue weighted by Gasteiger charge is 2.02. The molecule has 0 spiro atoms. The highest BCUT2D eigenvalue weighted by atomic mass is 79.9. The molecule has 2 nitrogen and oxygen atoms in total. The van der Waals surface area contributed by atoms with Crippen LogP contribution in [0.4, 0.5) is 0 Å². The second-order valence-corrected chi connectivity index (χ2v) is 3.20. The molecule has 0 unspecified atom stereocenters. The van der Waals surface area contributed by atoms with E-state index in [0.29, 0.717) is 0 Å². The number of hydrogen-bond acceptors (Lipinski definition) is 1. The molecular weight excluding hydrogens is 216 g/mol. The van der Waals surface area contributed by atoms with Crippen LogP contribution in [-0.2, 0) is 0 Å². The van der Waals surface area contributed by atoms with Crippen LogP contribution >= 0.6 is 15.9 Å². The van der Waals surface area contributed by atoms with Crippen LogP contribution in [0.2, 0.25) is 0 Å². The van der Waals surface area contributed by atoms with Gasteiger partial charge in [0.25, 0.3) is 0 Å². The van der Waals surface area contributed by atoms with E-state index >= 15 is 0 Å². The molecule has 1 heterocycles. The first kappa shape index (κ1) is 7.55. The molecule has 1 aromatic carbocycles. The molecule has 0 aliphatic carbocycles. The number of rotatable bonds is 1. The maximum absolute atomic E-state index is 4.15. The van der Waals surface area contributed by atoms with Crippen LogP contribution in [0.1, 0.15) is 0 Å². The largest absolute Gasteiger partial charge is 0.345 e. The Balaban J connectivity index is 2.55. The second-order valence-electron chi connectivity index (χ2n) is 2.34. The Kier molecular flexibility index (Phi) is 1.96. The fourth-order valence-corrected chi connectivity index (χ4v) is 1.47. The molecule has 2 rings (SSSR count). The topological polar surface area (TPSA) is 28.7 Å². The number of benzene rings is 1. The van der Waals surface area contributed by atoms with E-state index in [1.165, 1.54) is 0 Å². The predicted molar refractivity (Wildman–Crippen MR) is 50.6 cm³/mol. The van der Waals surface area contributed by atoms with Gasteiger partial charge in [-0.15, -0.1) is 0 Å². The fraction of sp³-hybridized carbons (Fsp3) is 0. The molecule has 0 bridgehead atoms. The summed E-state index contributed by atoms with van der Waals surface area (Å²) in [5.74, 6) is 0.871. The molecular formula is C9H6BrN2. The van der Waals surface area contributed by atoms with Gasteiger partial charge >= 0.3 is 0 Å². The number of aromatic nitrogens is 2. The van der Waals surface area contributed by atoms with Gasteiger partial charge in [0.1, 0.15) is 5.82 Å². The van der Waals surface area contributed by atoms with E-state index in [0.717, 1.165) is 15.9 Å². The highest BCUT2D eigenvalue weighted by molar-refractivity contribution is 9.10. The average Bonchev–Trinajstić information content (AvgIpc) is 2.57. The van der Waals surface area contributed by atoms with E-state index in [4.69, 9.17) is 0 Å². The number of imidazole rings is 1. The van der Waals surface area contributed by atoms with Gasteiger partial charge < -0.3 is 4.98 Å². The predicted octanol–water partition coefficient (Wildman–Crippen LogP) is 2.64. The standard InChI is InChI=1S/C9H6BrN2/c10-8-4-2-1-3-7(8)9-11-5-6-12-9/h1,3-6H,(H,11,12). The Morgan fingerprint density at radius 3 is 3.08 bits per heavy atom. The highest BCUT2D eigenvalue weighted by Crippen LogP contribution is 2.24. The summed E-state index contributed by atoms with van der Waals surface area (Å²) in [5, 5.41) is 0. The molecule has 1 radical (unpaired) electrons. The second kappa shape index (κ2) is 3.11. The van der Waals surface area contributed by atoms with Gasteiger partial charge in [-0.25, -0.2) is 4.98 Å². The summed E-state index contributed by atoms with van der Waals surface area (Å²) < 4.78 is 1.000. The van der Waals surface area contributed by atoms with Crippen LogP contribution < -0.4 is 0 Å². The number of aromatic amines is 1. The minimum Gasteiger partial charge on any atom is -0.345 e. The van der Waals surface area contributed by atoms with Gasteiger partial charge in [0.15, 0.2) is 0 Å². The molecule has 0 aliphatic heterocycles. The van der Waals surface area contributed by atoms with Crippen molar-refractivity contribution in [3.63, 3.8) is 0 Å². The molecule has 0 saturated carbocycles. The number of nitrogens with one attached hydrogen (secondary N) is 1. The van der Waals surface area contributed by atoms with Gasteiger partial charge in [-0.2, -0.15) is 0 Å². The summed E-state index contributed by atoms with van der Waals surface area (Å²) in [5.41, 5.74) is 1.05.